The molecular formula is C27H36F3IN2O7. The molecule has 224 valence electrons. The zero-order valence-corrected chi connectivity index (χ0v) is 24.4. The van der Waals surface area contributed by atoms with E-state index < -0.39 is 42.8 Å². The summed E-state index contributed by atoms with van der Waals surface area (Å²) < 4.78 is 53.0. The molecule has 1 fully saturated rings. The number of halogens is 4. The summed E-state index contributed by atoms with van der Waals surface area (Å²) in [7, 11) is 1.37. The van der Waals surface area contributed by atoms with Crippen LogP contribution in [0.2, 0.25) is 0 Å². The summed E-state index contributed by atoms with van der Waals surface area (Å²) in [4.78, 5) is 26.7. The normalized spacial score (nSPS) is 21.6. The van der Waals surface area contributed by atoms with Crippen LogP contribution in [0.3, 0.4) is 0 Å². The van der Waals surface area contributed by atoms with Gasteiger partial charge in [-0.1, -0.05) is 25.7 Å². The van der Waals surface area contributed by atoms with E-state index in [2.05, 4.69) is 5.32 Å². The third kappa shape index (κ3) is 8.70. The van der Waals surface area contributed by atoms with Crippen molar-refractivity contribution in [2.24, 2.45) is 5.92 Å². The second kappa shape index (κ2) is 14.7. The molecule has 3 unspecified atom stereocenters. The summed E-state index contributed by atoms with van der Waals surface area (Å²) in [6.07, 6.45) is -2.38. The number of aliphatic hydroxyl groups is 3. The Bertz CT molecular complexity index is 1060. The third-order valence-electron chi connectivity index (χ3n) is 7.25. The highest BCUT2D eigenvalue weighted by atomic mass is 127. The molecule has 40 heavy (non-hydrogen) atoms. The summed E-state index contributed by atoms with van der Waals surface area (Å²) in [6.45, 7) is -2.29. The fourth-order valence-electron chi connectivity index (χ4n) is 5.25. The fourth-order valence-corrected chi connectivity index (χ4v) is 6.04. The number of nitrogens with one attached hydrogen (secondary N) is 1. The number of nitrogens with zero attached hydrogens (tertiary/aromatic N) is 1. The maximum Gasteiger partial charge on any atom is 0.406 e. The van der Waals surface area contributed by atoms with Crippen molar-refractivity contribution in [2.75, 3.05) is 26.8 Å². The zero-order chi connectivity index (χ0) is 29.4. The van der Waals surface area contributed by atoms with Crippen LogP contribution in [-0.4, -0.2) is 83.3 Å². The lowest BCUT2D eigenvalue weighted by Crippen LogP contribution is -2.57. The first kappa shape index (κ1) is 32.4. The van der Waals surface area contributed by atoms with E-state index in [1.165, 1.54) is 19.3 Å². The largest absolute Gasteiger partial charge is 0.493 e. The van der Waals surface area contributed by atoms with Gasteiger partial charge in [0.2, 0.25) is 11.8 Å². The Hall–Kier alpha value is -2.10. The van der Waals surface area contributed by atoms with Gasteiger partial charge in [-0.3, -0.25) is 9.59 Å². The second-order valence-corrected chi connectivity index (χ2v) is 11.3. The van der Waals surface area contributed by atoms with E-state index in [1.54, 1.807) is 6.07 Å². The predicted molar refractivity (Wildman–Crippen MR) is 148 cm³/mol. The van der Waals surface area contributed by atoms with Crippen molar-refractivity contribution in [3.8, 4) is 11.5 Å². The van der Waals surface area contributed by atoms with Crippen LogP contribution in [0.25, 0.3) is 0 Å². The average Bonchev–Trinajstić information content (AvgIpc) is 3.44. The quantitative estimate of drug-likeness (QED) is 0.250. The highest BCUT2D eigenvalue weighted by Gasteiger charge is 2.44. The SMILES string of the molecule is COc1cc(CO)cc(I)c1OC1C=C(C(=O)NCCO)CC(N(CC(F)(F)F)C(=O)CCC2CCCC2)C1O. The molecule has 0 aliphatic heterocycles. The Morgan fingerprint density at radius 3 is 2.50 bits per heavy atom. The number of hydrogen-bond acceptors (Lipinski definition) is 7. The van der Waals surface area contributed by atoms with Crippen LogP contribution in [-0.2, 0) is 16.2 Å². The van der Waals surface area contributed by atoms with Crippen molar-refractivity contribution in [1.82, 2.24) is 10.2 Å². The Kier molecular flexibility index (Phi) is 11.9. The Labute approximate surface area is 244 Å². The van der Waals surface area contributed by atoms with Gasteiger partial charge in [0.25, 0.3) is 0 Å². The molecule has 0 spiro atoms. The maximum atomic E-state index is 13.7. The molecule has 2 aliphatic carbocycles. The van der Waals surface area contributed by atoms with Gasteiger partial charge in [-0.25, -0.2) is 0 Å². The Morgan fingerprint density at radius 2 is 1.90 bits per heavy atom. The van der Waals surface area contributed by atoms with Crippen LogP contribution >= 0.6 is 22.6 Å². The molecule has 0 radical (unpaired) electrons. The van der Waals surface area contributed by atoms with E-state index in [4.69, 9.17) is 14.6 Å². The molecule has 1 saturated carbocycles. The van der Waals surface area contributed by atoms with E-state index in [0.29, 0.717) is 20.5 Å². The number of methoxy groups -OCH3 is 1. The summed E-state index contributed by atoms with van der Waals surface area (Å²) in [5, 5.41) is 32.4. The van der Waals surface area contributed by atoms with Gasteiger partial charge >= 0.3 is 6.18 Å². The molecule has 3 rings (SSSR count). The van der Waals surface area contributed by atoms with Crippen molar-refractivity contribution in [2.45, 2.75) is 76.0 Å². The standard InChI is InChI=1S/C27H36F3IN2O7/c1-39-22-11-17(14-35)10-19(31)25(22)40-21-13-18(26(38)32-8-9-34)12-20(24(21)37)33(15-27(28,29)30)23(36)7-6-16-4-2-3-5-16/h10-11,13,16,20-21,24,34-35,37H,2-9,12,14-15H2,1H3,(H,32,38). The van der Waals surface area contributed by atoms with Gasteiger partial charge in [0, 0.05) is 25.0 Å². The van der Waals surface area contributed by atoms with E-state index in [9.17, 15) is 33.0 Å². The minimum Gasteiger partial charge on any atom is -0.493 e. The van der Waals surface area contributed by atoms with E-state index in [-0.39, 0.29) is 55.6 Å². The summed E-state index contributed by atoms with van der Waals surface area (Å²) >= 11 is 1.94. The van der Waals surface area contributed by atoms with E-state index in [1.807, 2.05) is 22.6 Å². The molecule has 1 aromatic rings. The van der Waals surface area contributed by atoms with Gasteiger partial charge in [-0.15, -0.1) is 0 Å². The monoisotopic (exact) mass is 684 g/mol. The van der Waals surface area contributed by atoms with E-state index in [0.717, 1.165) is 25.7 Å². The lowest BCUT2D eigenvalue weighted by atomic mass is 9.87. The van der Waals surface area contributed by atoms with Gasteiger partial charge in [0.15, 0.2) is 11.5 Å². The number of carbonyl (C=O) groups is 2. The van der Waals surface area contributed by atoms with Gasteiger partial charge in [-0.05, 0) is 58.7 Å². The molecule has 0 saturated heterocycles. The lowest BCUT2D eigenvalue weighted by Gasteiger charge is -2.41. The highest BCUT2D eigenvalue weighted by molar-refractivity contribution is 14.1. The topological polar surface area (TPSA) is 129 Å². The third-order valence-corrected chi connectivity index (χ3v) is 8.05. The zero-order valence-electron chi connectivity index (χ0n) is 22.3. The molecule has 13 heteroatoms. The highest BCUT2D eigenvalue weighted by Crippen LogP contribution is 2.38. The molecule has 0 heterocycles. The molecule has 9 nitrogen and oxygen atoms in total. The number of benzene rings is 1. The molecular weight excluding hydrogens is 648 g/mol. The van der Waals surface area contributed by atoms with Crippen LogP contribution in [0.15, 0.2) is 23.8 Å². The van der Waals surface area contributed by atoms with Crippen molar-refractivity contribution < 1.29 is 47.6 Å². The number of aliphatic hydroxyl groups excluding tert-OH is 3. The summed E-state index contributed by atoms with van der Waals surface area (Å²) in [5.41, 5.74) is 0.546. The van der Waals surface area contributed by atoms with Crippen LogP contribution in [0.1, 0.15) is 50.5 Å². The van der Waals surface area contributed by atoms with E-state index >= 15 is 0 Å². The molecule has 0 aromatic heterocycles. The number of alkyl halides is 3. The number of amides is 2. The van der Waals surface area contributed by atoms with Crippen LogP contribution in [0.5, 0.6) is 11.5 Å². The maximum absolute atomic E-state index is 13.7. The molecule has 4 N–H and O–H groups in total. The van der Waals surface area contributed by atoms with Crippen LogP contribution in [0.4, 0.5) is 13.2 Å². The van der Waals surface area contributed by atoms with Crippen molar-refractivity contribution in [3.05, 3.63) is 32.9 Å². The second-order valence-electron chi connectivity index (χ2n) is 10.1. The average molecular weight is 684 g/mol. The Morgan fingerprint density at radius 1 is 1.20 bits per heavy atom. The van der Waals surface area contributed by atoms with Gasteiger partial charge in [-0.2, -0.15) is 13.2 Å². The molecule has 1 aromatic carbocycles. The van der Waals surface area contributed by atoms with Gasteiger partial charge < -0.3 is 35.0 Å². The molecule has 2 amide bonds. The molecule has 3 atom stereocenters. The van der Waals surface area contributed by atoms with Crippen molar-refractivity contribution >= 4 is 34.4 Å². The van der Waals surface area contributed by atoms with Gasteiger partial charge in [0.1, 0.15) is 18.8 Å². The first-order valence-electron chi connectivity index (χ1n) is 13.2. The summed E-state index contributed by atoms with van der Waals surface area (Å²) in [5.74, 6) is -0.748. The Balaban J connectivity index is 1.96. The fraction of sp³-hybridized carbons (Fsp3) is 0.630. The first-order valence-corrected chi connectivity index (χ1v) is 14.3. The smallest absolute Gasteiger partial charge is 0.406 e. The number of hydrogen-bond donors (Lipinski definition) is 4. The minimum absolute atomic E-state index is 0.0190. The van der Waals surface area contributed by atoms with Crippen LogP contribution in [0, 0.1) is 9.49 Å². The minimum atomic E-state index is -4.74. The number of carbonyl (C=O) groups excluding carboxylic acids is 2. The van der Waals surface area contributed by atoms with Crippen LogP contribution < -0.4 is 14.8 Å². The molecule has 0 bridgehead atoms. The molecule has 2 aliphatic rings. The van der Waals surface area contributed by atoms with Crippen molar-refractivity contribution in [3.63, 3.8) is 0 Å². The predicted octanol–water partition coefficient (Wildman–Crippen LogP) is 3.07. The van der Waals surface area contributed by atoms with Gasteiger partial charge in [0.05, 0.1) is 29.9 Å². The first-order chi connectivity index (χ1) is 19.0. The van der Waals surface area contributed by atoms with Crippen molar-refractivity contribution in [1.29, 1.82) is 0 Å². The summed E-state index contributed by atoms with van der Waals surface area (Å²) in [6, 6.07) is 1.74. The lowest BCUT2D eigenvalue weighted by molar-refractivity contribution is -0.172. The number of ether oxygens (including phenoxy) is 2. The number of rotatable bonds is 12.